The van der Waals surface area contributed by atoms with Gasteiger partial charge in [0.05, 0.1) is 26.1 Å². The molecular weight excluding hydrogens is 542 g/mol. The quantitative estimate of drug-likeness (QED) is 0.340. The fraction of sp³-hybridized carbons (Fsp3) is 0.0435. The predicted octanol–water partition coefficient (Wildman–Crippen LogP) is 4.93. The molecule has 0 saturated carbocycles. The SMILES string of the molecule is O=C(O)COc1c(Br)cc(C=Nn2c(-c3ccccc3)nc3ccccc3c2=O)cc1Br. The van der Waals surface area contributed by atoms with Crippen molar-refractivity contribution in [1.29, 1.82) is 0 Å². The van der Waals surface area contributed by atoms with Crippen molar-refractivity contribution in [1.82, 2.24) is 9.66 Å². The summed E-state index contributed by atoms with van der Waals surface area (Å²) in [7, 11) is 0. The molecule has 9 heteroatoms. The number of aliphatic carboxylic acids is 1. The van der Waals surface area contributed by atoms with Crippen LogP contribution in [0.2, 0.25) is 0 Å². The molecule has 1 N–H and O–H groups in total. The highest BCUT2D eigenvalue weighted by Gasteiger charge is 2.13. The van der Waals surface area contributed by atoms with Gasteiger partial charge in [0.2, 0.25) is 0 Å². The number of carboxylic acid groups (broad SMARTS) is 1. The summed E-state index contributed by atoms with van der Waals surface area (Å²) in [5, 5.41) is 13.7. The fourth-order valence-electron chi connectivity index (χ4n) is 3.06. The molecule has 1 heterocycles. The average molecular weight is 557 g/mol. The van der Waals surface area contributed by atoms with Gasteiger partial charge >= 0.3 is 5.97 Å². The van der Waals surface area contributed by atoms with Crippen LogP contribution in [0.25, 0.3) is 22.3 Å². The number of benzene rings is 3. The van der Waals surface area contributed by atoms with Crippen LogP contribution in [-0.4, -0.2) is 33.6 Å². The Bertz CT molecular complexity index is 1380. The van der Waals surface area contributed by atoms with Crippen molar-refractivity contribution >= 4 is 54.9 Å². The lowest BCUT2D eigenvalue weighted by Gasteiger charge is -2.10. The number of hydrogen-bond donors (Lipinski definition) is 1. The van der Waals surface area contributed by atoms with E-state index in [0.717, 1.165) is 5.56 Å². The summed E-state index contributed by atoms with van der Waals surface area (Å²) in [4.78, 5) is 28.6. The molecule has 0 spiro atoms. The van der Waals surface area contributed by atoms with Gasteiger partial charge in [0.1, 0.15) is 5.75 Å². The van der Waals surface area contributed by atoms with Crippen LogP contribution in [0.15, 0.2) is 85.6 Å². The van der Waals surface area contributed by atoms with Crippen molar-refractivity contribution < 1.29 is 14.6 Å². The molecule has 0 unspecified atom stereocenters. The summed E-state index contributed by atoms with van der Waals surface area (Å²) in [6.45, 7) is -0.469. The van der Waals surface area contributed by atoms with Crippen LogP contribution in [0.5, 0.6) is 5.75 Å². The highest BCUT2D eigenvalue weighted by atomic mass is 79.9. The van der Waals surface area contributed by atoms with Crippen LogP contribution in [0.1, 0.15) is 5.56 Å². The minimum absolute atomic E-state index is 0.287. The van der Waals surface area contributed by atoms with Gasteiger partial charge in [0.15, 0.2) is 12.4 Å². The smallest absolute Gasteiger partial charge is 0.341 e. The molecule has 0 bridgehead atoms. The lowest BCUT2D eigenvalue weighted by Crippen LogP contribution is -2.20. The molecule has 4 rings (SSSR count). The van der Waals surface area contributed by atoms with Crippen LogP contribution in [0.3, 0.4) is 0 Å². The van der Waals surface area contributed by atoms with E-state index in [2.05, 4.69) is 41.9 Å². The Morgan fingerprint density at radius 2 is 1.72 bits per heavy atom. The number of rotatable bonds is 6. The molecule has 3 aromatic carbocycles. The second-order valence-electron chi connectivity index (χ2n) is 6.68. The van der Waals surface area contributed by atoms with Crippen molar-refractivity contribution in [2.75, 3.05) is 6.61 Å². The number of para-hydroxylation sites is 1. The lowest BCUT2D eigenvalue weighted by atomic mass is 10.2. The molecule has 32 heavy (non-hydrogen) atoms. The second kappa shape index (κ2) is 9.46. The summed E-state index contributed by atoms with van der Waals surface area (Å²) >= 11 is 6.76. The Morgan fingerprint density at radius 1 is 1.06 bits per heavy atom. The van der Waals surface area contributed by atoms with Crippen molar-refractivity contribution in [3.8, 4) is 17.1 Å². The Labute approximate surface area is 199 Å². The normalized spacial score (nSPS) is 11.2. The molecule has 0 saturated heterocycles. The van der Waals surface area contributed by atoms with Crippen molar-refractivity contribution in [3.05, 3.63) is 91.6 Å². The molecule has 0 atom stereocenters. The summed E-state index contributed by atoms with van der Waals surface area (Å²) in [5.41, 5.74) is 1.72. The monoisotopic (exact) mass is 555 g/mol. The predicted molar refractivity (Wildman–Crippen MR) is 129 cm³/mol. The molecule has 0 aliphatic heterocycles. The van der Waals surface area contributed by atoms with Crippen LogP contribution in [0, 0.1) is 0 Å². The summed E-state index contributed by atoms with van der Waals surface area (Å²) < 4.78 is 7.65. The molecule has 0 fully saturated rings. The molecule has 1 aromatic heterocycles. The van der Waals surface area contributed by atoms with Crippen molar-refractivity contribution in [2.24, 2.45) is 5.10 Å². The van der Waals surface area contributed by atoms with Gasteiger partial charge in [0, 0.05) is 5.56 Å². The maximum absolute atomic E-state index is 13.2. The summed E-state index contributed by atoms with van der Waals surface area (Å²) in [6.07, 6.45) is 1.53. The molecule has 7 nitrogen and oxygen atoms in total. The molecule has 160 valence electrons. The highest BCUT2D eigenvalue weighted by Crippen LogP contribution is 2.34. The first-order valence-electron chi connectivity index (χ1n) is 9.39. The van der Waals surface area contributed by atoms with Gasteiger partial charge in [0.25, 0.3) is 5.56 Å². The van der Waals surface area contributed by atoms with Gasteiger partial charge < -0.3 is 9.84 Å². The zero-order valence-corrected chi connectivity index (χ0v) is 19.6. The number of carboxylic acids is 1. The average Bonchev–Trinajstić information content (AvgIpc) is 2.78. The number of nitrogens with zero attached hydrogens (tertiary/aromatic N) is 3. The molecule has 0 aliphatic carbocycles. The van der Waals surface area contributed by atoms with Crippen LogP contribution in [-0.2, 0) is 4.79 Å². The van der Waals surface area contributed by atoms with E-state index in [9.17, 15) is 9.59 Å². The Morgan fingerprint density at radius 3 is 2.41 bits per heavy atom. The fourth-order valence-corrected chi connectivity index (χ4v) is 4.51. The van der Waals surface area contributed by atoms with E-state index in [1.54, 1.807) is 30.3 Å². The number of halogens is 2. The van der Waals surface area contributed by atoms with Gasteiger partial charge in [-0.25, -0.2) is 9.78 Å². The first-order chi connectivity index (χ1) is 15.4. The van der Waals surface area contributed by atoms with E-state index in [0.29, 0.717) is 37.0 Å². The topological polar surface area (TPSA) is 93.8 Å². The summed E-state index contributed by atoms with van der Waals surface area (Å²) in [5.74, 6) is -0.296. The molecule has 4 aromatic rings. The van der Waals surface area contributed by atoms with Crippen LogP contribution in [0.4, 0.5) is 0 Å². The Hall–Kier alpha value is -3.30. The lowest BCUT2D eigenvalue weighted by molar-refractivity contribution is -0.139. The van der Waals surface area contributed by atoms with Crippen molar-refractivity contribution in [3.63, 3.8) is 0 Å². The van der Waals surface area contributed by atoms with E-state index in [1.807, 2.05) is 36.4 Å². The molecule has 0 aliphatic rings. The highest BCUT2D eigenvalue weighted by molar-refractivity contribution is 9.11. The minimum atomic E-state index is -1.08. The Kier molecular flexibility index (Phi) is 6.48. The minimum Gasteiger partial charge on any atom is -0.480 e. The maximum atomic E-state index is 13.2. The largest absolute Gasteiger partial charge is 0.480 e. The van der Waals surface area contributed by atoms with Gasteiger partial charge in [-0.3, -0.25) is 4.79 Å². The van der Waals surface area contributed by atoms with Gasteiger partial charge in [-0.2, -0.15) is 9.78 Å². The third kappa shape index (κ3) is 4.63. The zero-order valence-electron chi connectivity index (χ0n) is 16.4. The standard InChI is InChI=1S/C23H15Br2N3O4/c24-17-10-14(11-18(25)21(17)32-13-20(29)30)12-26-28-22(15-6-2-1-3-7-15)27-19-9-5-4-8-16(19)23(28)31/h1-12H,13H2,(H,29,30). The second-order valence-corrected chi connectivity index (χ2v) is 8.38. The Balaban J connectivity index is 1.80. The number of aromatic nitrogens is 2. The van der Waals surface area contributed by atoms with E-state index in [-0.39, 0.29) is 5.56 Å². The van der Waals surface area contributed by atoms with E-state index < -0.39 is 12.6 Å². The number of hydrogen-bond acceptors (Lipinski definition) is 5. The first-order valence-corrected chi connectivity index (χ1v) is 11.0. The third-order valence-corrected chi connectivity index (χ3v) is 5.65. The number of ether oxygens (including phenoxy) is 1. The molecule has 0 amide bonds. The third-order valence-electron chi connectivity index (χ3n) is 4.47. The molecule has 0 radical (unpaired) electrons. The van der Waals surface area contributed by atoms with Crippen LogP contribution >= 0.6 is 31.9 Å². The first kappa shape index (κ1) is 21.9. The maximum Gasteiger partial charge on any atom is 0.341 e. The summed E-state index contributed by atoms with van der Waals surface area (Å²) in [6, 6.07) is 19.9. The van der Waals surface area contributed by atoms with Gasteiger partial charge in [-0.15, -0.1) is 0 Å². The van der Waals surface area contributed by atoms with E-state index in [1.165, 1.54) is 10.9 Å². The van der Waals surface area contributed by atoms with Crippen LogP contribution < -0.4 is 10.3 Å². The molecular formula is C23H15Br2N3O4. The number of fused-ring (bicyclic) bond motifs is 1. The van der Waals surface area contributed by atoms with E-state index in [4.69, 9.17) is 9.84 Å². The van der Waals surface area contributed by atoms with Crippen molar-refractivity contribution in [2.45, 2.75) is 0 Å². The zero-order chi connectivity index (χ0) is 22.7. The van der Waals surface area contributed by atoms with Gasteiger partial charge in [-0.1, -0.05) is 42.5 Å². The van der Waals surface area contributed by atoms with Gasteiger partial charge in [-0.05, 0) is 61.7 Å². The van der Waals surface area contributed by atoms with E-state index >= 15 is 0 Å². The number of carbonyl (C=O) groups is 1.